The summed E-state index contributed by atoms with van der Waals surface area (Å²) in [5.41, 5.74) is 6.88. The minimum Gasteiger partial charge on any atom is -0.490 e. The highest BCUT2D eigenvalue weighted by Gasteiger charge is 2.23. The maximum Gasteiger partial charge on any atom is 0.124 e. The Kier molecular flexibility index (Phi) is 10.9. The van der Waals surface area contributed by atoms with E-state index in [2.05, 4.69) is 43.1 Å². The van der Waals surface area contributed by atoms with Crippen molar-refractivity contribution in [3.8, 4) is 5.75 Å². The standard InChI is InChI=1S/C17H28N2O.2ClH/c1-14-7-3-5-9-16(14)20-17-10-6-4-8-15(17)13-19(2)12-11-18;;/h4,6,8,10,14,16H,3,5,7,9,11-13,18H2,1-2H3;2*1H/t14-,16-;;/m0../s1. The van der Waals surface area contributed by atoms with Crippen LogP contribution in [0.1, 0.15) is 38.2 Å². The fourth-order valence-electron chi connectivity index (χ4n) is 2.96. The van der Waals surface area contributed by atoms with E-state index in [9.17, 15) is 0 Å². The number of para-hydroxylation sites is 1. The predicted molar refractivity (Wildman–Crippen MR) is 98.4 cm³/mol. The van der Waals surface area contributed by atoms with Crippen molar-refractivity contribution in [3.63, 3.8) is 0 Å². The number of benzene rings is 1. The van der Waals surface area contributed by atoms with Crippen LogP contribution in [-0.2, 0) is 6.54 Å². The predicted octanol–water partition coefficient (Wildman–Crippen LogP) is 3.88. The number of halogens is 2. The van der Waals surface area contributed by atoms with Crippen LogP contribution in [0.4, 0.5) is 0 Å². The second-order valence-electron chi connectivity index (χ2n) is 6.05. The Labute approximate surface area is 147 Å². The van der Waals surface area contributed by atoms with Gasteiger partial charge >= 0.3 is 0 Å². The van der Waals surface area contributed by atoms with E-state index in [1.54, 1.807) is 0 Å². The first-order valence-corrected chi connectivity index (χ1v) is 7.84. The molecule has 0 aromatic heterocycles. The van der Waals surface area contributed by atoms with Gasteiger partial charge in [-0.1, -0.05) is 31.5 Å². The van der Waals surface area contributed by atoms with E-state index >= 15 is 0 Å². The normalized spacial score (nSPS) is 20.9. The monoisotopic (exact) mass is 348 g/mol. The molecule has 5 heteroatoms. The summed E-state index contributed by atoms with van der Waals surface area (Å²) in [6.07, 6.45) is 5.50. The number of ether oxygens (including phenoxy) is 1. The van der Waals surface area contributed by atoms with Crippen LogP contribution in [0, 0.1) is 5.92 Å². The summed E-state index contributed by atoms with van der Waals surface area (Å²) in [6, 6.07) is 8.42. The molecule has 1 aromatic carbocycles. The molecule has 0 heterocycles. The molecular formula is C17H30Cl2N2O. The van der Waals surface area contributed by atoms with Gasteiger partial charge in [-0.05, 0) is 38.3 Å². The van der Waals surface area contributed by atoms with Gasteiger partial charge < -0.3 is 15.4 Å². The average Bonchev–Trinajstić information content (AvgIpc) is 2.44. The summed E-state index contributed by atoms with van der Waals surface area (Å²) < 4.78 is 6.32. The van der Waals surface area contributed by atoms with Crippen LogP contribution >= 0.6 is 24.8 Å². The van der Waals surface area contributed by atoms with E-state index in [0.717, 1.165) is 18.8 Å². The van der Waals surface area contributed by atoms with Crippen molar-refractivity contribution in [3.05, 3.63) is 29.8 Å². The molecule has 0 aliphatic heterocycles. The molecule has 1 saturated carbocycles. The number of nitrogens with zero attached hydrogens (tertiary/aromatic N) is 1. The first kappa shape index (κ1) is 21.5. The molecule has 22 heavy (non-hydrogen) atoms. The number of hydrogen-bond acceptors (Lipinski definition) is 3. The Morgan fingerprint density at radius 1 is 1.18 bits per heavy atom. The van der Waals surface area contributed by atoms with Gasteiger partial charge in [0.05, 0.1) is 0 Å². The van der Waals surface area contributed by atoms with Crippen LogP contribution in [0.15, 0.2) is 24.3 Å². The van der Waals surface area contributed by atoms with Gasteiger partial charge in [0.25, 0.3) is 0 Å². The topological polar surface area (TPSA) is 38.5 Å². The molecule has 0 unspecified atom stereocenters. The van der Waals surface area contributed by atoms with Crippen molar-refractivity contribution >= 4 is 24.8 Å². The van der Waals surface area contributed by atoms with E-state index in [1.165, 1.54) is 31.2 Å². The molecule has 0 bridgehead atoms. The van der Waals surface area contributed by atoms with Crippen molar-refractivity contribution in [1.82, 2.24) is 4.90 Å². The molecule has 128 valence electrons. The fourth-order valence-corrected chi connectivity index (χ4v) is 2.96. The minimum atomic E-state index is 0. The van der Waals surface area contributed by atoms with Crippen molar-refractivity contribution < 1.29 is 4.74 Å². The number of nitrogens with two attached hydrogens (primary N) is 1. The zero-order valence-corrected chi connectivity index (χ0v) is 15.3. The fraction of sp³-hybridized carbons (Fsp3) is 0.647. The maximum atomic E-state index is 6.32. The van der Waals surface area contributed by atoms with Crippen molar-refractivity contribution in [2.75, 3.05) is 20.1 Å². The SMILES string of the molecule is C[C@H]1CCCC[C@@H]1Oc1ccccc1CN(C)CCN.Cl.Cl. The smallest absolute Gasteiger partial charge is 0.124 e. The molecule has 2 rings (SSSR count). The Bertz CT molecular complexity index is 417. The molecular weight excluding hydrogens is 319 g/mol. The molecule has 3 nitrogen and oxygen atoms in total. The van der Waals surface area contributed by atoms with Gasteiger partial charge in [0.2, 0.25) is 0 Å². The highest BCUT2D eigenvalue weighted by Crippen LogP contribution is 2.30. The number of likely N-dealkylation sites (N-methyl/N-ethyl adjacent to an activating group) is 1. The largest absolute Gasteiger partial charge is 0.490 e. The van der Waals surface area contributed by atoms with Gasteiger partial charge in [-0.3, -0.25) is 0 Å². The van der Waals surface area contributed by atoms with Crippen LogP contribution < -0.4 is 10.5 Å². The lowest BCUT2D eigenvalue weighted by Crippen LogP contribution is -2.29. The lowest BCUT2D eigenvalue weighted by atomic mass is 9.88. The minimum absolute atomic E-state index is 0. The molecule has 2 atom stereocenters. The van der Waals surface area contributed by atoms with E-state index < -0.39 is 0 Å². The molecule has 1 aromatic rings. The maximum absolute atomic E-state index is 6.32. The highest BCUT2D eigenvalue weighted by molar-refractivity contribution is 5.85. The van der Waals surface area contributed by atoms with Crippen LogP contribution in [0.2, 0.25) is 0 Å². The van der Waals surface area contributed by atoms with Crippen molar-refractivity contribution in [1.29, 1.82) is 0 Å². The van der Waals surface area contributed by atoms with Gasteiger partial charge in [-0.2, -0.15) is 0 Å². The summed E-state index contributed by atoms with van der Waals surface area (Å²) in [7, 11) is 2.10. The summed E-state index contributed by atoms with van der Waals surface area (Å²) in [6.45, 7) is 4.81. The van der Waals surface area contributed by atoms with Gasteiger partial charge in [0.1, 0.15) is 11.9 Å². The Balaban J connectivity index is 0.00000220. The van der Waals surface area contributed by atoms with E-state index in [0.29, 0.717) is 18.6 Å². The second-order valence-corrected chi connectivity index (χ2v) is 6.05. The third-order valence-electron chi connectivity index (χ3n) is 4.23. The third-order valence-corrected chi connectivity index (χ3v) is 4.23. The lowest BCUT2D eigenvalue weighted by Gasteiger charge is -2.30. The van der Waals surface area contributed by atoms with Crippen molar-refractivity contribution in [2.24, 2.45) is 11.7 Å². The molecule has 1 aliphatic rings. The Hall–Kier alpha value is -0.480. The first-order valence-electron chi connectivity index (χ1n) is 7.84. The molecule has 0 saturated heterocycles. The second kappa shape index (κ2) is 11.1. The van der Waals surface area contributed by atoms with Crippen LogP contribution in [0.5, 0.6) is 5.75 Å². The Morgan fingerprint density at radius 3 is 2.55 bits per heavy atom. The van der Waals surface area contributed by atoms with E-state index in [1.807, 2.05) is 0 Å². The highest BCUT2D eigenvalue weighted by atomic mass is 35.5. The zero-order chi connectivity index (χ0) is 14.4. The summed E-state index contributed by atoms with van der Waals surface area (Å²) >= 11 is 0. The molecule has 0 radical (unpaired) electrons. The molecule has 2 N–H and O–H groups in total. The van der Waals surface area contributed by atoms with Crippen LogP contribution in [0.25, 0.3) is 0 Å². The van der Waals surface area contributed by atoms with Crippen molar-refractivity contribution in [2.45, 2.75) is 45.3 Å². The summed E-state index contributed by atoms with van der Waals surface area (Å²) in [5, 5.41) is 0. The van der Waals surface area contributed by atoms with E-state index in [4.69, 9.17) is 10.5 Å². The summed E-state index contributed by atoms with van der Waals surface area (Å²) in [4.78, 5) is 2.24. The number of hydrogen-bond donors (Lipinski definition) is 1. The van der Waals surface area contributed by atoms with Crippen LogP contribution in [-0.4, -0.2) is 31.1 Å². The summed E-state index contributed by atoms with van der Waals surface area (Å²) in [5.74, 6) is 1.72. The third kappa shape index (κ3) is 6.33. The molecule has 1 aliphatic carbocycles. The average molecular weight is 349 g/mol. The van der Waals surface area contributed by atoms with Gasteiger partial charge in [0.15, 0.2) is 0 Å². The molecule has 1 fully saturated rings. The quantitative estimate of drug-likeness (QED) is 0.847. The van der Waals surface area contributed by atoms with Crippen LogP contribution in [0.3, 0.4) is 0 Å². The molecule has 0 amide bonds. The van der Waals surface area contributed by atoms with Gasteiger partial charge in [-0.25, -0.2) is 0 Å². The Morgan fingerprint density at radius 2 is 1.86 bits per heavy atom. The first-order chi connectivity index (χ1) is 9.70. The van der Waals surface area contributed by atoms with E-state index in [-0.39, 0.29) is 24.8 Å². The van der Waals surface area contributed by atoms with Gasteiger partial charge in [-0.15, -0.1) is 24.8 Å². The molecule has 0 spiro atoms. The number of rotatable bonds is 6. The zero-order valence-electron chi connectivity index (χ0n) is 13.7. The van der Waals surface area contributed by atoms with Gasteiger partial charge in [0, 0.05) is 25.2 Å². The lowest BCUT2D eigenvalue weighted by molar-refractivity contribution is 0.100.